The topological polar surface area (TPSA) is 58.2 Å². The second-order valence-corrected chi connectivity index (χ2v) is 9.61. The average molecular weight is 619 g/mol. The van der Waals surface area contributed by atoms with E-state index in [4.69, 9.17) is 46.4 Å². The van der Waals surface area contributed by atoms with Crippen LogP contribution in [0.1, 0.15) is 11.1 Å². The van der Waals surface area contributed by atoms with Crippen molar-refractivity contribution in [3.05, 3.63) is 128 Å². The number of nitrogens with one attached hydrogen (secondary N) is 2. The Morgan fingerprint density at radius 2 is 0.892 bits per heavy atom. The Morgan fingerprint density at radius 3 is 1.22 bits per heavy atom. The number of aryl methyl sites for hydroxylation is 2. The standard InChI is InChI=1S/2C14H11Cl2NO.Co/c2*1-9-2-4-12(5-3-9)17-8-10-6-11(15)7-13(16)14(10)18;/h2*2-8,17H,1H3;. The zero-order valence-corrected chi connectivity index (χ0v) is 23.8. The summed E-state index contributed by atoms with van der Waals surface area (Å²) >= 11 is 23.3. The molecule has 1 radical (unpaired) electrons. The van der Waals surface area contributed by atoms with Crippen LogP contribution in [0.5, 0.6) is 0 Å². The van der Waals surface area contributed by atoms with Gasteiger partial charge in [0.05, 0.1) is 10.1 Å². The van der Waals surface area contributed by atoms with Gasteiger partial charge in [-0.05, 0) is 62.4 Å². The summed E-state index contributed by atoms with van der Waals surface area (Å²) in [5.74, 6) is -0.471. The number of carbonyl (C=O) groups excluding carboxylic acids is 2. The summed E-state index contributed by atoms with van der Waals surface area (Å²) in [5, 5.41) is 7.21. The number of benzene rings is 2. The fourth-order valence-electron chi connectivity index (χ4n) is 3.00. The molecule has 9 heteroatoms. The van der Waals surface area contributed by atoms with Crippen LogP contribution in [0, 0.1) is 13.8 Å². The Balaban J connectivity index is 0.000000253. The van der Waals surface area contributed by atoms with Crippen molar-refractivity contribution >= 4 is 69.3 Å². The van der Waals surface area contributed by atoms with Gasteiger partial charge in [0.2, 0.25) is 11.6 Å². The molecule has 4 nitrogen and oxygen atoms in total. The van der Waals surface area contributed by atoms with Gasteiger partial charge in [-0.25, -0.2) is 0 Å². The van der Waals surface area contributed by atoms with Crippen LogP contribution in [-0.2, 0) is 26.4 Å². The minimum absolute atomic E-state index is 0. The summed E-state index contributed by atoms with van der Waals surface area (Å²) in [7, 11) is 0. The van der Waals surface area contributed by atoms with Gasteiger partial charge in [0.15, 0.2) is 0 Å². The van der Waals surface area contributed by atoms with Gasteiger partial charge in [0, 0.05) is 61.8 Å². The van der Waals surface area contributed by atoms with E-state index in [0.717, 1.165) is 11.4 Å². The minimum Gasteiger partial charge on any atom is -0.361 e. The first-order chi connectivity index (χ1) is 17.1. The number of carbonyl (C=O) groups is 2. The molecular weight excluding hydrogens is 597 g/mol. The summed E-state index contributed by atoms with van der Waals surface area (Å²) in [6.45, 7) is 4.03. The quantitative estimate of drug-likeness (QED) is 0.339. The van der Waals surface area contributed by atoms with Crippen molar-refractivity contribution in [2.24, 2.45) is 0 Å². The predicted molar refractivity (Wildman–Crippen MR) is 152 cm³/mol. The van der Waals surface area contributed by atoms with E-state index in [2.05, 4.69) is 10.6 Å². The molecule has 0 fully saturated rings. The Kier molecular flexibility index (Phi) is 12.0. The summed E-state index contributed by atoms with van der Waals surface area (Å²) < 4.78 is 0. The van der Waals surface area contributed by atoms with Crippen LogP contribution in [0.15, 0.2) is 117 Å². The van der Waals surface area contributed by atoms with E-state index in [1.54, 1.807) is 24.6 Å². The smallest absolute Gasteiger partial charge is 0.205 e. The van der Waals surface area contributed by atoms with E-state index < -0.39 is 0 Å². The molecule has 2 aliphatic carbocycles. The third kappa shape index (κ3) is 9.38. The maximum atomic E-state index is 11.7. The summed E-state index contributed by atoms with van der Waals surface area (Å²) in [6.07, 6.45) is 9.24. The Morgan fingerprint density at radius 1 is 0.568 bits per heavy atom. The van der Waals surface area contributed by atoms with Crippen molar-refractivity contribution in [1.29, 1.82) is 0 Å². The molecule has 0 saturated carbocycles. The van der Waals surface area contributed by atoms with Crippen LogP contribution in [0.2, 0.25) is 0 Å². The summed E-state index contributed by atoms with van der Waals surface area (Å²) in [6, 6.07) is 15.7. The van der Waals surface area contributed by atoms with E-state index in [9.17, 15) is 9.59 Å². The normalized spacial score (nSPS) is 17.0. The van der Waals surface area contributed by atoms with E-state index in [1.807, 2.05) is 62.4 Å². The maximum absolute atomic E-state index is 11.7. The van der Waals surface area contributed by atoms with Crippen molar-refractivity contribution in [3.8, 4) is 0 Å². The molecule has 193 valence electrons. The molecule has 2 N–H and O–H groups in total. The van der Waals surface area contributed by atoms with Gasteiger partial charge in [0.25, 0.3) is 0 Å². The van der Waals surface area contributed by atoms with Gasteiger partial charge in [-0.2, -0.15) is 0 Å². The van der Waals surface area contributed by atoms with Crippen LogP contribution in [0.3, 0.4) is 0 Å². The zero-order chi connectivity index (χ0) is 26.2. The molecule has 0 atom stereocenters. The Labute approximate surface area is 246 Å². The fraction of sp³-hybridized carbons (Fsp3) is 0.0714. The summed E-state index contributed by atoms with van der Waals surface area (Å²) in [4.78, 5) is 23.5. The minimum atomic E-state index is -0.235. The van der Waals surface area contributed by atoms with Gasteiger partial charge in [-0.3, -0.25) is 9.59 Å². The molecule has 0 heterocycles. The number of halogens is 4. The van der Waals surface area contributed by atoms with Crippen molar-refractivity contribution in [2.45, 2.75) is 13.8 Å². The number of allylic oxidation sites excluding steroid dienone is 10. The monoisotopic (exact) mass is 617 g/mol. The number of ketones is 2. The second kappa shape index (κ2) is 14.4. The molecule has 0 aliphatic heterocycles. The molecule has 2 aliphatic rings. The first-order valence-corrected chi connectivity index (χ1v) is 12.3. The van der Waals surface area contributed by atoms with Gasteiger partial charge in [-0.1, -0.05) is 81.8 Å². The number of rotatable bonds is 4. The maximum Gasteiger partial charge on any atom is 0.205 e. The zero-order valence-electron chi connectivity index (χ0n) is 19.7. The van der Waals surface area contributed by atoms with Crippen LogP contribution in [0.4, 0.5) is 11.4 Å². The summed E-state index contributed by atoms with van der Waals surface area (Å²) in [5.41, 5.74) is 5.03. The molecule has 2 aromatic carbocycles. The van der Waals surface area contributed by atoms with Gasteiger partial charge in [-0.15, -0.1) is 0 Å². The van der Waals surface area contributed by atoms with Crippen molar-refractivity contribution < 1.29 is 26.4 Å². The molecule has 37 heavy (non-hydrogen) atoms. The predicted octanol–water partition coefficient (Wildman–Crippen LogP) is 8.24. The number of hydrogen-bond donors (Lipinski definition) is 2. The molecule has 0 unspecified atom stereocenters. The third-order valence-corrected chi connectivity index (χ3v) is 5.96. The van der Waals surface area contributed by atoms with Crippen LogP contribution < -0.4 is 10.6 Å². The molecule has 2 aromatic rings. The first kappa shape index (κ1) is 30.7. The molecule has 4 rings (SSSR count). The fourth-order valence-corrected chi connectivity index (χ4v) is 4.02. The van der Waals surface area contributed by atoms with Gasteiger partial charge < -0.3 is 10.6 Å². The molecule has 0 spiro atoms. The van der Waals surface area contributed by atoms with Crippen LogP contribution >= 0.6 is 46.4 Å². The van der Waals surface area contributed by atoms with Crippen molar-refractivity contribution in [3.63, 3.8) is 0 Å². The SMILES string of the molecule is Cc1ccc(NC=C2C=C(Cl)C=C(Cl)C2=O)cc1.Cc1ccc(NC=C2C=C(Cl)C=C(Cl)C2=O)cc1.[Co]. The molecule has 0 amide bonds. The third-order valence-electron chi connectivity index (χ3n) is 4.97. The second-order valence-electron chi connectivity index (χ2n) is 7.92. The van der Waals surface area contributed by atoms with Crippen molar-refractivity contribution in [2.75, 3.05) is 10.6 Å². The number of hydrogen-bond acceptors (Lipinski definition) is 4. The molecular formula is C28H22Cl4CoN2O2. The van der Waals surface area contributed by atoms with E-state index in [-0.39, 0.29) is 38.4 Å². The molecule has 0 bridgehead atoms. The van der Waals surface area contributed by atoms with E-state index in [0.29, 0.717) is 21.2 Å². The van der Waals surface area contributed by atoms with Gasteiger partial charge in [0.1, 0.15) is 0 Å². The largest absolute Gasteiger partial charge is 0.361 e. The number of anilines is 2. The Bertz CT molecular complexity index is 1250. The van der Waals surface area contributed by atoms with E-state index in [1.165, 1.54) is 23.3 Å². The average Bonchev–Trinajstić information content (AvgIpc) is 2.84. The first-order valence-electron chi connectivity index (χ1n) is 10.8. The van der Waals surface area contributed by atoms with Crippen LogP contribution in [0.25, 0.3) is 0 Å². The number of Topliss-reactive ketones (excluding diaryl/α,β-unsaturated/α-hetero) is 2. The molecule has 0 saturated heterocycles. The van der Waals surface area contributed by atoms with Gasteiger partial charge >= 0.3 is 0 Å². The molecule has 0 aromatic heterocycles. The van der Waals surface area contributed by atoms with E-state index >= 15 is 0 Å². The Hall–Kier alpha value is -2.51. The van der Waals surface area contributed by atoms with Crippen LogP contribution in [-0.4, -0.2) is 11.6 Å². The van der Waals surface area contributed by atoms with Crippen molar-refractivity contribution in [1.82, 2.24) is 0 Å².